The molecule has 2 rings (SSSR count). The summed E-state index contributed by atoms with van der Waals surface area (Å²) in [7, 11) is 0. The predicted molar refractivity (Wildman–Crippen MR) is 61.4 cm³/mol. The largest absolute Gasteiger partial charge is 0.297 e. The summed E-state index contributed by atoms with van der Waals surface area (Å²) in [6.07, 6.45) is 8.82. The molecule has 0 atom stereocenters. The second kappa shape index (κ2) is 3.84. The lowest BCUT2D eigenvalue weighted by molar-refractivity contribution is 0.0141. The van der Waals surface area contributed by atoms with Gasteiger partial charge in [0.1, 0.15) is 0 Å². The van der Waals surface area contributed by atoms with Gasteiger partial charge in [0.05, 0.1) is 0 Å². The first-order valence-electron chi connectivity index (χ1n) is 6.32. The zero-order valence-corrected chi connectivity index (χ0v) is 10.1. The second-order valence-corrected chi connectivity index (χ2v) is 6.40. The molecule has 0 aromatic rings. The van der Waals surface area contributed by atoms with Crippen molar-refractivity contribution in [3.8, 4) is 0 Å². The highest BCUT2D eigenvalue weighted by atomic mass is 15.2. The molecular weight excluding hydrogens is 170 g/mol. The first-order valence-corrected chi connectivity index (χ1v) is 6.32. The summed E-state index contributed by atoms with van der Waals surface area (Å²) >= 11 is 0. The van der Waals surface area contributed by atoms with Crippen LogP contribution in [0.5, 0.6) is 0 Å². The summed E-state index contributed by atoms with van der Waals surface area (Å²) in [5, 5.41) is 0. The van der Waals surface area contributed by atoms with Gasteiger partial charge in [-0.2, -0.15) is 0 Å². The molecule has 14 heavy (non-hydrogen) atoms. The van der Waals surface area contributed by atoms with Crippen molar-refractivity contribution < 1.29 is 0 Å². The van der Waals surface area contributed by atoms with Gasteiger partial charge in [-0.05, 0) is 31.1 Å². The molecule has 2 fully saturated rings. The Morgan fingerprint density at radius 1 is 0.929 bits per heavy atom. The summed E-state index contributed by atoms with van der Waals surface area (Å²) < 4.78 is 0. The third kappa shape index (κ3) is 2.31. The zero-order chi connectivity index (χ0) is 10.2. The van der Waals surface area contributed by atoms with Gasteiger partial charge in [-0.1, -0.05) is 33.6 Å². The van der Waals surface area contributed by atoms with Crippen molar-refractivity contribution in [2.24, 2.45) is 5.41 Å². The van der Waals surface area contributed by atoms with Crippen LogP contribution in [0.15, 0.2) is 0 Å². The first kappa shape index (κ1) is 10.5. The van der Waals surface area contributed by atoms with Gasteiger partial charge < -0.3 is 0 Å². The van der Waals surface area contributed by atoms with E-state index in [-0.39, 0.29) is 0 Å². The van der Waals surface area contributed by atoms with Crippen LogP contribution in [0.4, 0.5) is 0 Å². The highest BCUT2D eigenvalue weighted by molar-refractivity contribution is 4.90. The normalized spacial score (nSPS) is 34.5. The third-order valence-corrected chi connectivity index (χ3v) is 3.74. The lowest BCUT2D eigenvalue weighted by Gasteiger charge is -2.48. The van der Waals surface area contributed by atoms with Crippen LogP contribution in [-0.2, 0) is 0 Å². The maximum Gasteiger partial charge on any atom is 0.00984 e. The van der Waals surface area contributed by atoms with Crippen molar-refractivity contribution in [3.63, 3.8) is 0 Å². The summed E-state index contributed by atoms with van der Waals surface area (Å²) in [5.41, 5.74) is 0.477. The average molecular weight is 195 g/mol. The number of nitrogens with zero attached hydrogens (tertiary/aromatic N) is 1. The molecule has 0 amide bonds. The zero-order valence-electron chi connectivity index (χ0n) is 10.1. The summed E-state index contributed by atoms with van der Waals surface area (Å²) in [6.45, 7) is 8.42. The molecule has 2 saturated heterocycles. The van der Waals surface area contributed by atoms with Crippen LogP contribution in [0.2, 0.25) is 0 Å². The Morgan fingerprint density at radius 2 is 1.36 bits per heavy atom. The number of hydrogen-bond acceptors (Lipinski definition) is 1. The molecule has 0 aromatic heterocycles. The summed E-state index contributed by atoms with van der Waals surface area (Å²) in [4.78, 5) is 2.83. The Morgan fingerprint density at radius 3 is 1.71 bits per heavy atom. The van der Waals surface area contributed by atoms with E-state index in [4.69, 9.17) is 0 Å². The minimum absolute atomic E-state index is 0.477. The van der Waals surface area contributed by atoms with E-state index in [1.165, 1.54) is 45.1 Å². The molecule has 0 spiro atoms. The predicted octanol–water partition coefficient (Wildman–Crippen LogP) is 3.44. The minimum Gasteiger partial charge on any atom is -0.297 e. The highest BCUT2D eigenvalue weighted by Crippen LogP contribution is 2.35. The molecule has 0 aromatic carbocycles. The summed E-state index contributed by atoms with van der Waals surface area (Å²) in [5.74, 6) is 0. The fourth-order valence-electron chi connectivity index (χ4n) is 3.23. The van der Waals surface area contributed by atoms with Gasteiger partial charge in [-0.25, -0.2) is 0 Å². The van der Waals surface area contributed by atoms with Crippen molar-refractivity contribution in [3.05, 3.63) is 0 Å². The Balaban J connectivity index is 2.01. The average Bonchev–Trinajstić information content (AvgIpc) is 1.99. The molecule has 82 valence electrons. The standard InChI is InChI=1S/C13H25N/c1-13(2,3)10-14-11-6-4-7-12(14)9-5-8-11/h11-12H,4-10H2,1-3H3. The van der Waals surface area contributed by atoms with Gasteiger partial charge >= 0.3 is 0 Å². The van der Waals surface area contributed by atoms with E-state index >= 15 is 0 Å². The Bertz CT molecular complexity index is 170. The van der Waals surface area contributed by atoms with Crippen LogP contribution >= 0.6 is 0 Å². The van der Waals surface area contributed by atoms with Crippen molar-refractivity contribution >= 4 is 0 Å². The van der Waals surface area contributed by atoms with E-state index in [1.54, 1.807) is 0 Å². The number of hydrogen-bond donors (Lipinski definition) is 0. The minimum atomic E-state index is 0.477. The Labute approximate surface area is 88.9 Å². The van der Waals surface area contributed by atoms with Crippen molar-refractivity contribution in [2.75, 3.05) is 6.54 Å². The SMILES string of the molecule is CC(C)(C)CN1C2CCCC1CCC2. The third-order valence-electron chi connectivity index (χ3n) is 3.74. The molecule has 1 heteroatoms. The van der Waals surface area contributed by atoms with Crippen LogP contribution in [0.3, 0.4) is 0 Å². The number of rotatable bonds is 1. The highest BCUT2D eigenvalue weighted by Gasteiger charge is 2.35. The monoisotopic (exact) mass is 195 g/mol. The number of fused-ring (bicyclic) bond motifs is 2. The van der Waals surface area contributed by atoms with Gasteiger partial charge in [-0.3, -0.25) is 4.90 Å². The number of piperidine rings is 2. The topological polar surface area (TPSA) is 3.24 Å². The Kier molecular flexibility index (Phi) is 2.88. The fraction of sp³-hybridized carbons (Fsp3) is 1.00. The lowest BCUT2D eigenvalue weighted by Crippen LogP contribution is -2.52. The molecule has 0 aliphatic carbocycles. The Hall–Kier alpha value is -0.0400. The van der Waals surface area contributed by atoms with Gasteiger partial charge in [0, 0.05) is 18.6 Å². The van der Waals surface area contributed by atoms with Gasteiger partial charge in [0.2, 0.25) is 0 Å². The molecule has 1 nitrogen and oxygen atoms in total. The van der Waals surface area contributed by atoms with Crippen molar-refractivity contribution in [2.45, 2.75) is 71.4 Å². The maximum atomic E-state index is 2.83. The smallest absolute Gasteiger partial charge is 0.00984 e. The second-order valence-electron chi connectivity index (χ2n) is 6.40. The molecule has 2 heterocycles. The van der Waals surface area contributed by atoms with Gasteiger partial charge in [-0.15, -0.1) is 0 Å². The molecule has 0 N–H and O–H groups in total. The molecule has 2 aliphatic heterocycles. The van der Waals surface area contributed by atoms with Crippen LogP contribution in [0.25, 0.3) is 0 Å². The molecule has 0 unspecified atom stereocenters. The van der Waals surface area contributed by atoms with Crippen LogP contribution in [0.1, 0.15) is 59.3 Å². The van der Waals surface area contributed by atoms with Crippen LogP contribution in [-0.4, -0.2) is 23.5 Å². The van der Waals surface area contributed by atoms with E-state index in [1.807, 2.05) is 0 Å². The van der Waals surface area contributed by atoms with E-state index in [2.05, 4.69) is 25.7 Å². The molecule has 2 bridgehead atoms. The van der Waals surface area contributed by atoms with E-state index in [0.29, 0.717) is 5.41 Å². The quantitative estimate of drug-likeness (QED) is 0.619. The fourth-order valence-corrected chi connectivity index (χ4v) is 3.23. The first-order chi connectivity index (χ1) is 6.56. The van der Waals surface area contributed by atoms with E-state index in [9.17, 15) is 0 Å². The molecule has 0 radical (unpaired) electrons. The van der Waals surface area contributed by atoms with Crippen molar-refractivity contribution in [1.29, 1.82) is 0 Å². The molecule has 0 saturated carbocycles. The van der Waals surface area contributed by atoms with Gasteiger partial charge in [0.15, 0.2) is 0 Å². The summed E-state index contributed by atoms with van der Waals surface area (Å²) in [6, 6.07) is 1.86. The van der Waals surface area contributed by atoms with Gasteiger partial charge in [0.25, 0.3) is 0 Å². The van der Waals surface area contributed by atoms with Crippen molar-refractivity contribution in [1.82, 2.24) is 4.90 Å². The molecule has 2 aliphatic rings. The van der Waals surface area contributed by atoms with Crippen LogP contribution in [0, 0.1) is 5.41 Å². The van der Waals surface area contributed by atoms with Crippen LogP contribution < -0.4 is 0 Å². The molecular formula is C13H25N. The van der Waals surface area contributed by atoms with E-state index in [0.717, 1.165) is 12.1 Å². The maximum absolute atomic E-state index is 2.83. The van der Waals surface area contributed by atoms with E-state index < -0.39 is 0 Å². The lowest BCUT2D eigenvalue weighted by atomic mass is 9.82.